The van der Waals surface area contributed by atoms with Crippen molar-refractivity contribution in [1.82, 2.24) is 25.5 Å². The molecule has 3 N–H and O–H groups in total. The van der Waals surface area contributed by atoms with Gasteiger partial charge in [0.15, 0.2) is 5.82 Å². The van der Waals surface area contributed by atoms with Crippen LogP contribution in [0.3, 0.4) is 0 Å². The number of ether oxygens (including phenoxy) is 2. The van der Waals surface area contributed by atoms with Gasteiger partial charge in [-0.25, -0.2) is 19.0 Å². The molecule has 3 amide bonds. The number of benzene rings is 5. The summed E-state index contributed by atoms with van der Waals surface area (Å²) in [6.07, 6.45) is -0.276. The average Bonchev–Trinajstić information content (AvgIpc) is 3.55. The van der Waals surface area contributed by atoms with Crippen LogP contribution in [0.15, 0.2) is 133 Å². The quantitative estimate of drug-likeness (QED) is 0.0942. The minimum Gasteiger partial charge on any atom is -0.445 e. The lowest BCUT2D eigenvalue weighted by molar-refractivity contribution is 0.0931. The second-order valence-electron chi connectivity index (χ2n) is 12.5. The predicted molar refractivity (Wildman–Crippen MR) is 200 cm³/mol. The number of amides is 3. The Labute approximate surface area is 307 Å². The molecule has 0 fully saturated rings. The van der Waals surface area contributed by atoms with Gasteiger partial charge in [-0.1, -0.05) is 109 Å². The van der Waals surface area contributed by atoms with Gasteiger partial charge in [0, 0.05) is 25.7 Å². The highest BCUT2D eigenvalue weighted by Crippen LogP contribution is 2.26. The van der Waals surface area contributed by atoms with Gasteiger partial charge in [0.2, 0.25) is 0 Å². The van der Waals surface area contributed by atoms with Crippen LogP contribution in [0, 0.1) is 5.82 Å². The maximum Gasteiger partial charge on any atom is 0.407 e. The molecule has 1 heterocycles. The maximum absolute atomic E-state index is 13.9. The summed E-state index contributed by atoms with van der Waals surface area (Å²) >= 11 is 0. The largest absolute Gasteiger partial charge is 0.445 e. The molecule has 0 aliphatic heterocycles. The van der Waals surface area contributed by atoms with Crippen LogP contribution in [0.25, 0.3) is 22.2 Å². The summed E-state index contributed by atoms with van der Waals surface area (Å²) in [5, 5.41) is 8.56. The van der Waals surface area contributed by atoms with E-state index in [9.17, 15) is 18.8 Å². The molecule has 53 heavy (non-hydrogen) atoms. The first-order valence-electron chi connectivity index (χ1n) is 17.4. The molecular weight excluding hydrogens is 673 g/mol. The molecule has 6 rings (SSSR count). The summed E-state index contributed by atoms with van der Waals surface area (Å²) < 4.78 is 26.3. The van der Waals surface area contributed by atoms with Crippen LogP contribution in [0.2, 0.25) is 0 Å². The second kappa shape index (κ2) is 18.1. The number of halogens is 1. The van der Waals surface area contributed by atoms with Crippen LogP contribution in [0.5, 0.6) is 0 Å². The average molecular weight is 714 g/mol. The summed E-state index contributed by atoms with van der Waals surface area (Å²) in [6.45, 7) is 0.990. The molecule has 0 aliphatic rings. The fourth-order valence-corrected chi connectivity index (χ4v) is 5.81. The number of nitrogens with zero attached hydrogens (tertiary/aromatic N) is 2. The van der Waals surface area contributed by atoms with E-state index in [4.69, 9.17) is 14.5 Å². The van der Waals surface area contributed by atoms with Crippen LogP contribution >= 0.6 is 0 Å². The Balaban J connectivity index is 1.14. The minimum absolute atomic E-state index is 0.0765. The van der Waals surface area contributed by atoms with Crippen LogP contribution in [-0.4, -0.2) is 46.8 Å². The zero-order valence-corrected chi connectivity index (χ0v) is 29.0. The van der Waals surface area contributed by atoms with Crippen molar-refractivity contribution in [3.05, 3.63) is 162 Å². The summed E-state index contributed by atoms with van der Waals surface area (Å²) in [7, 11) is 0. The lowest BCUT2D eigenvalue weighted by Crippen LogP contribution is -2.44. The SMILES string of the molecule is O=C(NCCC[C@@H](CNC(=O)c1nc2ccc(-c3ccc(F)cc3)cc2n1Cc1ccccc1)NC(=O)OCc1ccccc1)OCc1ccccc1. The fourth-order valence-electron chi connectivity index (χ4n) is 5.81. The molecule has 10 nitrogen and oxygen atoms in total. The Morgan fingerprint density at radius 1 is 0.679 bits per heavy atom. The third-order valence-corrected chi connectivity index (χ3v) is 8.57. The predicted octanol–water partition coefficient (Wildman–Crippen LogP) is 7.62. The van der Waals surface area contributed by atoms with E-state index in [1.54, 1.807) is 12.1 Å². The lowest BCUT2D eigenvalue weighted by Gasteiger charge is -2.20. The van der Waals surface area contributed by atoms with Gasteiger partial charge in [0.25, 0.3) is 5.91 Å². The first-order chi connectivity index (χ1) is 25.9. The number of carbonyl (C=O) groups is 3. The molecule has 1 aromatic heterocycles. The maximum atomic E-state index is 13.9. The van der Waals surface area contributed by atoms with E-state index in [1.165, 1.54) is 12.1 Å². The number of carbonyl (C=O) groups excluding carboxylic acids is 3. The Morgan fingerprint density at radius 3 is 1.91 bits per heavy atom. The Kier molecular flexibility index (Phi) is 12.4. The standard InChI is InChI=1S/C42H40FN5O5/c43-35-21-18-33(19-22-35)34-20-23-37-38(25-34)48(27-30-11-4-1-5-12-30)39(47-37)40(49)45-26-36(46-42(51)53-29-32-15-8-3-9-16-32)17-10-24-44-41(50)52-28-31-13-6-2-7-14-31/h1-9,11-16,18-23,25,36H,10,17,24,26-29H2,(H,44,50)(H,45,49)(H,46,51)/t36-/m0/s1. The number of rotatable bonds is 15. The lowest BCUT2D eigenvalue weighted by atomic mass is 10.1. The topological polar surface area (TPSA) is 124 Å². The molecular formula is C42H40FN5O5. The van der Waals surface area contributed by atoms with E-state index in [-0.39, 0.29) is 31.4 Å². The van der Waals surface area contributed by atoms with Crippen molar-refractivity contribution in [3.8, 4) is 11.1 Å². The molecule has 0 unspecified atom stereocenters. The molecule has 0 radical (unpaired) electrons. The van der Waals surface area contributed by atoms with E-state index < -0.39 is 24.1 Å². The summed E-state index contributed by atoms with van der Waals surface area (Å²) in [5.74, 6) is -0.543. The normalized spacial score (nSPS) is 11.4. The van der Waals surface area contributed by atoms with Crippen molar-refractivity contribution in [2.24, 2.45) is 0 Å². The number of imidazole rings is 1. The minimum atomic E-state index is -0.632. The Hall–Kier alpha value is -6.49. The first-order valence-corrected chi connectivity index (χ1v) is 17.4. The second-order valence-corrected chi connectivity index (χ2v) is 12.5. The summed E-state index contributed by atoms with van der Waals surface area (Å²) in [6, 6.07) is 39.9. The van der Waals surface area contributed by atoms with E-state index in [1.807, 2.05) is 114 Å². The third-order valence-electron chi connectivity index (χ3n) is 8.57. The number of hydrogen-bond acceptors (Lipinski definition) is 6. The van der Waals surface area contributed by atoms with Gasteiger partial charge < -0.3 is 30.0 Å². The molecule has 0 saturated carbocycles. The van der Waals surface area contributed by atoms with Crippen molar-refractivity contribution in [3.63, 3.8) is 0 Å². The monoisotopic (exact) mass is 713 g/mol. The third kappa shape index (κ3) is 10.5. The number of alkyl carbamates (subject to hydrolysis) is 2. The summed E-state index contributed by atoms with van der Waals surface area (Å²) in [5.41, 5.74) is 5.75. The Morgan fingerprint density at radius 2 is 1.26 bits per heavy atom. The van der Waals surface area contributed by atoms with Crippen LogP contribution in [0.1, 0.15) is 40.2 Å². The number of nitrogens with one attached hydrogen (secondary N) is 3. The zero-order valence-electron chi connectivity index (χ0n) is 29.0. The van der Waals surface area contributed by atoms with E-state index >= 15 is 0 Å². The van der Waals surface area contributed by atoms with Crippen LogP contribution in [0.4, 0.5) is 14.0 Å². The van der Waals surface area contributed by atoms with Crippen LogP contribution < -0.4 is 16.0 Å². The molecule has 0 saturated heterocycles. The summed E-state index contributed by atoms with van der Waals surface area (Å²) in [4.78, 5) is 43.7. The van der Waals surface area contributed by atoms with Gasteiger partial charge in [-0.2, -0.15) is 0 Å². The first kappa shape index (κ1) is 36.3. The highest BCUT2D eigenvalue weighted by atomic mass is 19.1. The highest BCUT2D eigenvalue weighted by Gasteiger charge is 2.21. The zero-order chi connectivity index (χ0) is 36.8. The van der Waals surface area contributed by atoms with Crippen molar-refractivity contribution < 1.29 is 28.2 Å². The van der Waals surface area contributed by atoms with Crippen molar-refractivity contribution in [2.75, 3.05) is 13.1 Å². The molecule has 0 spiro atoms. The van der Waals surface area contributed by atoms with Gasteiger partial charge in [-0.15, -0.1) is 0 Å². The molecule has 0 bridgehead atoms. The van der Waals surface area contributed by atoms with Gasteiger partial charge in [-0.3, -0.25) is 4.79 Å². The molecule has 11 heteroatoms. The van der Waals surface area contributed by atoms with Gasteiger partial charge in [0.05, 0.1) is 11.0 Å². The molecule has 1 atom stereocenters. The fraction of sp³-hybridized carbons (Fsp3) is 0.190. The number of hydrogen-bond donors (Lipinski definition) is 3. The molecule has 5 aromatic carbocycles. The molecule has 270 valence electrons. The van der Waals surface area contributed by atoms with Gasteiger partial charge in [0.1, 0.15) is 19.0 Å². The molecule has 0 aliphatic carbocycles. The Bertz CT molecular complexity index is 2110. The number of fused-ring (bicyclic) bond motifs is 1. The van der Waals surface area contributed by atoms with Gasteiger partial charge >= 0.3 is 12.2 Å². The van der Waals surface area contributed by atoms with Crippen molar-refractivity contribution >= 4 is 29.1 Å². The van der Waals surface area contributed by atoms with Crippen LogP contribution in [-0.2, 0) is 29.2 Å². The highest BCUT2D eigenvalue weighted by molar-refractivity contribution is 5.96. The van der Waals surface area contributed by atoms with E-state index in [0.29, 0.717) is 31.4 Å². The van der Waals surface area contributed by atoms with E-state index in [0.717, 1.165) is 33.3 Å². The van der Waals surface area contributed by atoms with E-state index in [2.05, 4.69) is 16.0 Å². The molecule has 6 aromatic rings. The van der Waals surface area contributed by atoms with Gasteiger partial charge in [-0.05, 0) is 64.9 Å². The van der Waals surface area contributed by atoms with Crippen molar-refractivity contribution in [2.45, 2.75) is 38.6 Å². The smallest absolute Gasteiger partial charge is 0.407 e. The number of aromatic nitrogens is 2. The van der Waals surface area contributed by atoms with Crippen molar-refractivity contribution in [1.29, 1.82) is 0 Å².